The van der Waals surface area contributed by atoms with Crippen molar-refractivity contribution in [3.05, 3.63) is 81.9 Å². The molecule has 11 heteroatoms. The van der Waals surface area contributed by atoms with Crippen molar-refractivity contribution in [2.45, 2.75) is 46.8 Å². The number of hydrogen-bond acceptors (Lipinski definition) is 10. The Morgan fingerprint density at radius 2 is 1.43 bits per heavy atom. The van der Waals surface area contributed by atoms with Crippen molar-refractivity contribution in [1.82, 2.24) is 0 Å². The number of carbonyl (C=O) groups is 4. The first-order valence-corrected chi connectivity index (χ1v) is 14.9. The number of fused-ring (bicyclic) bond motifs is 2. The molecule has 2 bridgehead atoms. The first-order chi connectivity index (χ1) is 21.7. The smallest absolute Gasteiger partial charge is 0.338 e. The average molecular weight is 635 g/mol. The number of aromatic carboxylic acids is 1. The summed E-state index contributed by atoms with van der Waals surface area (Å²) in [6.07, 6.45) is -1.57. The predicted molar refractivity (Wildman–Crippen MR) is 164 cm³/mol. The van der Waals surface area contributed by atoms with Crippen molar-refractivity contribution in [3.63, 3.8) is 0 Å². The number of rotatable bonds is 12. The number of aliphatic hydroxyl groups is 1. The van der Waals surface area contributed by atoms with E-state index in [2.05, 4.69) is 0 Å². The Morgan fingerprint density at radius 3 is 2.02 bits per heavy atom. The standard InChI is InChI=1S/C35H38O11/c1-19-26(20-10-12-24(42-6)13-11-20)35(5)28(27(34(19,4)33(35,2)3)31(40)46-18-25-17-43-25)32(41)45-16-23(36)15-44-30(39)22-9-7-8-21(14-22)29(37)38/h7-14,23,25,36H,15-18H2,1-6H3,(H,37,38)/t23?,25?,34-,35+/m0/s1. The van der Waals surface area contributed by atoms with Crippen LogP contribution < -0.4 is 4.74 Å². The Labute approximate surface area is 266 Å². The fourth-order valence-corrected chi connectivity index (χ4v) is 6.95. The van der Waals surface area contributed by atoms with E-state index in [4.69, 9.17) is 28.8 Å². The largest absolute Gasteiger partial charge is 0.497 e. The molecular weight excluding hydrogens is 596 g/mol. The maximum atomic E-state index is 14.1. The minimum atomic E-state index is -1.40. The molecule has 2 aromatic carbocycles. The third kappa shape index (κ3) is 5.27. The zero-order valence-corrected chi connectivity index (χ0v) is 26.7. The number of carboxylic acids is 1. The topological polar surface area (TPSA) is 158 Å². The molecule has 2 unspecified atom stereocenters. The van der Waals surface area contributed by atoms with Gasteiger partial charge in [0.25, 0.3) is 0 Å². The molecule has 1 saturated heterocycles. The van der Waals surface area contributed by atoms with Crippen molar-refractivity contribution >= 4 is 29.5 Å². The summed E-state index contributed by atoms with van der Waals surface area (Å²) in [4.78, 5) is 51.5. The molecule has 2 N–H and O–H groups in total. The normalized spacial score (nSPS) is 24.8. The van der Waals surface area contributed by atoms with Crippen LogP contribution >= 0.6 is 0 Å². The Balaban J connectivity index is 1.41. The minimum absolute atomic E-state index is 0.00685. The number of carbonyl (C=O) groups excluding carboxylic acids is 3. The van der Waals surface area contributed by atoms with Gasteiger partial charge in [-0.2, -0.15) is 0 Å². The summed E-state index contributed by atoms with van der Waals surface area (Å²) in [6, 6.07) is 12.8. The quantitative estimate of drug-likeness (QED) is 0.196. The van der Waals surface area contributed by atoms with Crippen molar-refractivity contribution in [3.8, 4) is 5.75 Å². The van der Waals surface area contributed by atoms with Gasteiger partial charge in [0.15, 0.2) is 0 Å². The molecule has 1 heterocycles. The number of hydrogen-bond donors (Lipinski definition) is 2. The van der Waals surface area contributed by atoms with Crippen molar-refractivity contribution in [2.75, 3.05) is 33.5 Å². The first-order valence-electron chi connectivity index (χ1n) is 14.9. The summed E-state index contributed by atoms with van der Waals surface area (Å²) in [5, 5.41) is 19.8. The van der Waals surface area contributed by atoms with E-state index in [-0.39, 0.29) is 35.0 Å². The van der Waals surface area contributed by atoms with E-state index in [9.17, 15) is 24.3 Å². The van der Waals surface area contributed by atoms with E-state index >= 15 is 0 Å². The van der Waals surface area contributed by atoms with Gasteiger partial charge in [-0.15, -0.1) is 0 Å². The summed E-state index contributed by atoms with van der Waals surface area (Å²) < 4.78 is 27.0. The molecular formula is C35H38O11. The van der Waals surface area contributed by atoms with Gasteiger partial charge in [0.2, 0.25) is 0 Å². The minimum Gasteiger partial charge on any atom is -0.497 e. The molecule has 1 fully saturated rings. The number of aliphatic hydroxyl groups excluding tert-OH is 1. The highest BCUT2D eigenvalue weighted by Gasteiger charge is 2.73. The number of epoxide rings is 1. The van der Waals surface area contributed by atoms with Crippen LogP contribution in [0.15, 0.2) is 65.3 Å². The molecule has 2 aliphatic carbocycles. The van der Waals surface area contributed by atoms with Gasteiger partial charge < -0.3 is 33.9 Å². The Hall–Kier alpha value is -4.48. The molecule has 0 saturated carbocycles. The van der Waals surface area contributed by atoms with Crippen molar-refractivity contribution < 1.29 is 53.1 Å². The predicted octanol–water partition coefficient (Wildman–Crippen LogP) is 4.23. The molecule has 0 aromatic heterocycles. The number of carboxylic acid groups (broad SMARTS) is 1. The highest BCUT2D eigenvalue weighted by atomic mass is 16.6. The second kappa shape index (κ2) is 12.0. The van der Waals surface area contributed by atoms with Crippen molar-refractivity contribution in [1.29, 1.82) is 0 Å². The van der Waals surface area contributed by atoms with Gasteiger partial charge in [-0.1, -0.05) is 51.5 Å². The van der Waals surface area contributed by atoms with Crippen molar-refractivity contribution in [2.24, 2.45) is 16.2 Å². The third-order valence-corrected chi connectivity index (χ3v) is 10.1. The molecule has 0 radical (unpaired) electrons. The first kappa shape index (κ1) is 32.9. The van der Waals surface area contributed by atoms with E-state index in [1.54, 1.807) is 7.11 Å². The molecule has 0 amide bonds. The van der Waals surface area contributed by atoms with Crippen LogP contribution in [0.1, 0.15) is 60.9 Å². The van der Waals surface area contributed by atoms with Crippen LogP contribution in [0.4, 0.5) is 0 Å². The van der Waals surface area contributed by atoms with Gasteiger partial charge >= 0.3 is 23.9 Å². The molecule has 11 nitrogen and oxygen atoms in total. The van der Waals surface area contributed by atoms with Crippen LogP contribution in [0, 0.1) is 16.2 Å². The summed E-state index contributed by atoms with van der Waals surface area (Å²) in [6.45, 7) is 9.36. The van der Waals surface area contributed by atoms with Gasteiger partial charge in [0.1, 0.15) is 37.8 Å². The van der Waals surface area contributed by atoms with Crippen LogP contribution in [0.2, 0.25) is 0 Å². The van der Waals surface area contributed by atoms with E-state index in [1.807, 2.05) is 58.9 Å². The van der Waals surface area contributed by atoms with Crippen LogP contribution in [-0.2, 0) is 28.5 Å². The summed E-state index contributed by atoms with van der Waals surface area (Å²) >= 11 is 0. The molecule has 0 spiro atoms. The zero-order valence-electron chi connectivity index (χ0n) is 26.7. The fraction of sp³-hybridized carbons (Fsp3) is 0.429. The maximum Gasteiger partial charge on any atom is 0.338 e. The van der Waals surface area contributed by atoms with Gasteiger partial charge in [-0.25, -0.2) is 19.2 Å². The highest BCUT2D eigenvalue weighted by molar-refractivity contribution is 6.10. The summed E-state index contributed by atoms with van der Waals surface area (Å²) in [5.41, 5.74) is 0.327. The van der Waals surface area contributed by atoms with E-state index in [1.165, 1.54) is 18.2 Å². The molecule has 5 rings (SSSR count). The number of methoxy groups -OCH3 is 1. The molecule has 46 heavy (non-hydrogen) atoms. The molecule has 1 aliphatic heterocycles. The third-order valence-electron chi connectivity index (χ3n) is 10.1. The lowest BCUT2D eigenvalue weighted by Crippen LogP contribution is -2.39. The van der Waals surface area contributed by atoms with Crippen LogP contribution in [0.25, 0.3) is 5.57 Å². The Bertz CT molecular complexity index is 1650. The lowest BCUT2D eigenvalue weighted by Gasteiger charge is -2.42. The molecule has 2 aromatic rings. The zero-order chi connectivity index (χ0) is 33.6. The molecule has 244 valence electrons. The number of allylic oxidation sites excluding steroid dienone is 2. The lowest BCUT2D eigenvalue weighted by atomic mass is 9.59. The van der Waals surface area contributed by atoms with Gasteiger partial charge in [0.05, 0.1) is 36.0 Å². The van der Waals surface area contributed by atoms with Crippen LogP contribution in [-0.4, -0.2) is 79.8 Å². The second-order valence-corrected chi connectivity index (χ2v) is 12.6. The Kier molecular flexibility index (Phi) is 8.61. The summed E-state index contributed by atoms with van der Waals surface area (Å²) in [7, 11) is 1.58. The second-order valence-electron chi connectivity index (χ2n) is 12.6. The fourth-order valence-electron chi connectivity index (χ4n) is 6.95. The molecule has 4 atom stereocenters. The highest BCUT2D eigenvalue weighted by Crippen LogP contribution is 2.77. The van der Waals surface area contributed by atoms with Crippen LogP contribution in [0.3, 0.4) is 0 Å². The number of ether oxygens (including phenoxy) is 5. The van der Waals surface area contributed by atoms with Gasteiger partial charge in [-0.05, 0) is 53.8 Å². The van der Waals surface area contributed by atoms with Crippen LogP contribution in [0.5, 0.6) is 5.75 Å². The SMILES string of the molecule is COc1ccc(C2=C(C)[C@@]3(C)C(C(=O)OCC4CO4)=C(C(=O)OCC(O)COC(=O)c4cccc(C(=O)O)c4)[C@]2(C)C3(C)C)cc1. The summed E-state index contributed by atoms with van der Waals surface area (Å²) in [5.74, 6) is -2.81. The van der Waals surface area contributed by atoms with E-state index < -0.39 is 59.4 Å². The maximum absolute atomic E-state index is 14.1. The average Bonchev–Trinajstić information content (AvgIpc) is 3.84. The lowest BCUT2D eigenvalue weighted by molar-refractivity contribution is -0.145. The molecule has 3 aliphatic rings. The van der Waals surface area contributed by atoms with E-state index in [0.29, 0.717) is 12.4 Å². The number of esters is 3. The van der Waals surface area contributed by atoms with Gasteiger partial charge in [-0.3, -0.25) is 0 Å². The Morgan fingerprint density at radius 1 is 0.870 bits per heavy atom. The number of benzene rings is 2. The monoisotopic (exact) mass is 634 g/mol. The van der Waals surface area contributed by atoms with E-state index in [0.717, 1.165) is 22.8 Å². The van der Waals surface area contributed by atoms with Gasteiger partial charge in [0, 0.05) is 10.8 Å².